The first-order chi connectivity index (χ1) is 15.7. The maximum absolute atomic E-state index is 13.6. The van der Waals surface area contributed by atoms with Gasteiger partial charge >= 0.3 is 6.18 Å². The van der Waals surface area contributed by atoms with E-state index in [0.717, 1.165) is 24.6 Å². The van der Waals surface area contributed by atoms with E-state index in [9.17, 15) is 13.2 Å². The maximum Gasteiger partial charge on any atom is 0.421 e. The first kappa shape index (κ1) is 24.4. The first-order valence-corrected chi connectivity index (χ1v) is 11.0. The van der Waals surface area contributed by atoms with Crippen LogP contribution in [-0.4, -0.2) is 16.1 Å². The van der Waals surface area contributed by atoms with Crippen LogP contribution in [0, 0.1) is 0 Å². The Morgan fingerprint density at radius 2 is 1.67 bits per heavy atom. The Kier molecular flexibility index (Phi) is 7.79. The summed E-state index contributed by atoms with van der Waals surface area (Å²) in [6.45, 7) is 8.16. The number of hydrogen-bond acceptors (Lipinski definition) is 5. The SMILES string of the molecule is CCC(C)Oc1ccc(Nc2ncc(C(F)(F)F)c(Nc3cccc(C(C)CC)c3)n2)cc1. The fourth-order valence-corrected chi connectivity index (χ4v) is 3.10. The van der Waals surface area contributed by atoms with Gasteiger partial charge in [0.25, 0.3) is 0 Å². The van der Waals surface area contributed by atoms with Crippen molar-refractivity contribution in [1.29, 1.82) is 0 Å². The molecule has 0 radical (unpaired) electrons. The molecule has 1 heterocycles. The quantitative estimate of drug-likeness (QED) is 0.344. The van der Waals surface area contributed by atoms with Crippen LogP contribution in [0.15, 0.2) is 54.7 Å². The van der Waals surface area contributed by atoms with E-state index in [0.29, 0.717) is 23.0 Å². The third kappa shape index (κ3) is 6.60. The number of anilines is 4. The third-order valence-corrected chi connectivity index (χ3v) is 5.45. The largest absolute Gasteiger partial charge is 0.491 e. The van der Waals surface area contributed by atoms with Gasteiger partial charge in [-0.05, 0) is 67.6 Å². The molecule has 0 fully saturated rings. The Morgan fingerprint density at radius 1 is 0.939 bits per heavy atom. The second kappa shape index (κ2) is 10.6. The van der Waals surface area contributed by atoms with Gasteiger partial charge in [0.05, 0.1) is 6.10 Å². The number of halogens is 3. The highest BCUT2D eigenvalue weighted by Gasteiger charge is 2.35. The molecule has 2 aromatic carbocycles. The van der Waals surface area contributed by atoms with Crippen LogP contribution in [-0.2, 0) is 6.18 Å². The standard InChI is InChI=1S/C25H29F3N4O/c1-5-16(3)18-8-7-9-20(14-18)30-23-22(25(26,27)28)15-29-24(32-23)31-19-10-12-21(13-11-19)33-17(4)6-2/h7-17H,5-6H2,1-4H3,(H2,29,30,31,32). The van der Waals surface area contributed by atoms with Gasteiger partial charge in [0.15, 0.2) is 0 Å². The van der Waals surface area contributed by atoms with Crippen LogP contribution in [0.3, 0.4) is 0 Å². The van der Waals surface area contributed by atoms with Gasteiger partial charge in [0.1, 0.15) is 17.1 Å². The highest BCUT2D eigenvalue weighted by Crippen LogP contribution is 2.36. The van der Waals surface area contributed by atoms with Gasteiger partial charge in [0, 0.05) is 17.6 Å². The molecule has 3 rings (SSSR count). The molecular formula is C25H29F3N4O. The number of rotatable bonds is 9. The van der Waals surface area contributed by atoms with Crippen LogP contribution in [0.2, 0.25) is 0 Å². The van der Waals surface area contributed by atoms with Crippen molar-refractivity contribution >= 4 is 23.1 Å². The van der Waals surface area contributed by atoms with Crippen molar-refractivity contribution in [3.05, 3.63) is 65.9 Å². The topological polar surface area (TPSA) is 59.1 Å². The van der Waals surface area contributed by atoms with Crippen molar-refractivity contribution in [1.82, 2.24) is 9.97 Å². The molecule has 0 aliphatic rings. The van der Waals surface area contributed by atoms with Crippen molar-refractivity contribution in [3.63, 3.8) is 0 Å². The second-order valence-electron chi connectivity index (χ2n) is 8.00. The number of hydrogen-bond donors (Lipinski definition) is 2. The van der Waals surface area contributed by atoms with Gasteiger partial charge in [-0.25, -0.2) is 4.98 Å². The number of ether oxygens (including phenoxy) is 1. The average Bonchev–Trinajstić information content (AvgIpc) is 2.79. The van der Waals surface area contributed by atoms with Gasteiger partial charge in [-0.2, -0.15) is 18.2 Å². The minimum Gasteiger partial charge on any atom is -0.491 e. The zero-order chi connectivity index (χ0) is 24.0. The molecule has 0 aliphatic heterocycles. The zero-order valence-corrected chi connectivity index (χ0v) is 19.2. The van der Waals surface area contributed by atoms with Crippen LogP contribution in [0.4, 0.5) is 36.3 Å². The molecule has 176 valence electrons. The number of nitrogens with zero attached hydrogens (tertiary/aromatic N) is 2. The van der Waals surface area contributed by atoms with E-state index in [2.05, 4.69) is 34.4 Å². The monoisotopic (exact) mass is 458 g/mol. The Morgan fingerprint density at radius 3 is 2.30 bits per heavy atom. The summed E-state index contributed by atoms with van der Waals surface area (Å²) in [6, 6.07) is 14.5. The summed E-state index contributed by atoms with van der Waals surface area (Å²) in [5.74, 6) is 0.757. The summed E-state index contributed by atoms with van der Waals surface area (Å²) in [4.78, 5) is 8.00. The van der Waals surface area contributed by atoms with Crippen molar-refractivity contribution in [2.45, 2.75) is 58.7 Å². The smallest absolute Gasteiger partial charge is 0.421 e. The highest BCUT2D eigenvalue weighted by molar-refractivity contribution is 5.63. The number of aromatic nitrogens is 2. The molecule has 33 heavy (non-hydrogen) atoms. The van der Waals surface area contributed by atoms with E-state index in [1.807, 2.05) is 32.0 Å². The molecule has 3 aromatic rings. The van der Waals surface area contributed by atoms with Crippen molar-refractivity contribution < 1.29 is 17.9 Å². The number of alkyl halides is 3. The summed E-state index contributed by atoms with van der Waals surface area (Å²) < 4.78 is 46.5. The zero-order valence-electron chi connectivity index (χ0n) is 19.2. The predicted molar refractivity (Wildman–Crippen MR) is 126 cm³/mol. The second-order valence-corrected chi connectivity index (χ2v) is 8.00. The minimum atomic E-state index is -4.59. The molecule has 0 saturated heterocycles. The van der Waals surface area contributed by atoms with Crippen LogP contribution < -0.4 is 15.4 Å². The third-order valence-electron chi connectivity index (χ3n) is 5.45. The average molecular weight is 459 g/mol. The summed E-state index contributed by atoms with van der Waals surface area (Å²) in [5, 5.41) is 5.79. The molecular weight excluding hydrogens is 429 g/mol. The Hall–Kier alpha value is -3.29. The fraction of sp³-hybridized carbons (Fsp3) is 0.360. The Labute approximate surface area is 192 Å². The molecule has 0 bridgehead atoms. The van der Waals surface area contributed by atoms with Crippen LogP contribution in [0.25, 0.3) is 0 Å². The number of nitrogens with one attached hydrogen (secondary N) is 2. The molecule has 0 amide bonds. The fourth-order valence-electron chi connectivity index (χ4n) is 3.10. The minimum absolute atomic E-state index is 0.0548. The van der Waals surface area contributed by atoms with E-state index in [1.165, 1.54) is 0 Å². The van der Waals surface area contributed by atoms with Crippen LogP contribution >= 0.6 is 0 Å². The summed E-state index contributed by atoms with van der Waals surface area (Å²) in [6.07, 6.45) is -1.90. The lowest BCUT2D eigenvalue weighted by molar-refractivity contribution is -0.137. The molecule has 8 heteroatoms. The van der Waals surface area contributed by atoms with Crippen LogP contribution in [0.1, 0.15) is 57.6 Å². The molecule has 0 spiro atoms. The first-order valence-electron chi connectivity index (χ1n) is 11.0. The van der Waals surface area contributed by atoms with E-state index >= 15 is 0 Å². The van der Waals surface area contributed by atoms with E-state index in [1.54, 1.807) is 30.3 Å². The van der Waals surface area contributed by atoms with Gasteiger partial charge in [-0.3, -0.25) is 0 Å². The van der Waals surface area contributed by atoms with E-state index < -0.39 is 11.7 Å². The van der Waals surface area contributed by atoms with Crippen LogP contribution in [0.5, 0.6) is 5.75 Å². The van der Waals surface area contributed by atoms with Gasteiger partial charge in [-0.15, -0.1) is 0 Å². The number of benzene rings is 2. The summed E-state index contributed by atoms with van der Waals surface area (Å²) >= 11 is 0. The lowest BCUT2D eigenvalue weighted by Gasteiger charge is -2.16. The van der Waals surface area contributed by atoms with E-state index in [-0.39, 0.29) is 17.9 Å². The predicted octanol–water partition coefficient (Wildman–Crippen LogP) is 7.67. The Balaban J connectivity index is 1.85. The van der Waals surface area contributed by atoms with Gasteiger partial charge in [-0.1, -0.05) is 32.9 Å². The molecule has 5 nitrogen and oxygen atoms in total. The van der Waals surface area contributed by atoms with E-state index in [4.69, 9.17) is 4.74 Å². The lowest BCUT2D eigenvalue weighted by atomic mass is 9.98. The summed E-state index contributed by atoms with van der Waals surface area (Å²) in [7, 11) is 0. The maximum atomic E-state index is 13.6. The molecule has 0 aliphatic carbocycles. The van der Waals surface area contributed by atoms with Crippen molar-refractivity contribution in [2.24, 2.45) is 0 Å². The van der Waals surface area contributed by atoms with Gasteiger partial charge < -0.3 is 15.4 Å². The van der Waals surface area contributed by atoms with Gasteiger partial charge in [0.2, 0.25) is 5.95 Å². The molecule has 1 aromatic heterocycles. The molecule has 2 atom stereocenters. The molecule has 2 N–H and O–H groups in total. The molecule has 2 unspecified atom stereocenters. The van der Waals surface area contributed by atoms with Crippen molar-refractivity contribution in [2.75, 3.05) is 10.6 Å². The highest BCUT2D eigenvalue weighted by atomic mass is 19.4. The molecule has 0 saturated carbocycles. The Bertz CT molecular complexity index is 1050. The lowest BCUT2D eigenvalue weighted by Crippen LogP contribution is -2.13. The normalized spacial score (nSPS) is 13.3. The summed E-state index contributed by atoms with van der Waals surface area (Å²) in [5.41, 5.74) is 1.29. The van der Waals surface area contributed by atoms with Crippen molar-refractivity contribution in [3.8, 4) is 5.75 Å².